The Labute approximate surface area is 187 Å². The van der Waals surface area contributed by atoms with E-state index in [1.54, 1.807) is 6.08 Å². The van der Waals surface area contributed by atoms with Crippen molar-refractivity contribution in [3.8, 4) is 17.2 Å². The Morgan fingerprint density at radius 3 is 2.12 bits per heavy atom. The normalized spacial score (nSPS) is 10.6. The number of ether oxygens (including phenoxy) is 2. The molecule has 0 unspecified atom stereocenters. The molecule has 4 heteroatoms. The summed E-state index contributed by atoms with van der Waals surface area (Å²) in [6.45, 7) is 0.498. The molecule has 1 amide bonds. The molecule has 0 radical (unpaired) electrons. The second kappa shape index (κ2) is 10.6. The molecule has 0 heterocycles. The van der Waals surface area contributed by atoms with Gasteiger partial charge in [-0.15, -0.1) is 0 Å². The smallest absolute Gasteiger partial charge is 0.248 e. The van der Waals surface area contributed by atoms with E-state index in [1.165, 1.54) is 6.08 Å². The Hall–Kier alpha value is -4.31. The van der Waals surface area contributed by atoms with Crippen molar-refractivity contribution in [2.24, 2.45) is 0 Å². The van der Waals surface area contributed by atoms with Gasteiger partial charge in [-0.3, -0.25) is 4.79 Å². The number of anilines is 1. The van der Waals surface area contributed by atoms with E-state index in [4.69, 9.17) is 9.47 Å². The first-order chi connectivity index (χ1) is 15.7. The van der Waals surface area contributed by atoms with Crippen LogP contribution in [0.2, 0.25) is 0 Å². The molecule has 0 saturated heterocycles. The molecule has 4 nitrogen and oxygen atoms in total. The largest absolute Gasteiger partial charge is 0.489 e. The van der Waals surface area contributed by atoms with E-state index >= 15 is 0 Å². The summed E-state index contributed by atoms with van der Waals surface area (Å²) in [7, 11) is 0. The summed E-state index contributed by atoms with van der Waals surface area (Å²) < 4.78 is 11.6. The van der Waals surface area contributed by atoms with E-state index in [0.29, 0.717) is 18.0 Å². The van der Waals surface area contributed by atoms with Crippen LogP contribution in [0.4, 0.5) is 5.69 Å². The number of para-hydroxylation sites is 1. The monoisotopic (exact) mass is 421 g/mol. The minimum absolute atomic E-state index is 0.211. The van der Waals surface area contributed by atoms with E-state index in [-0.39, 0.29) is 5.91 Å². The minimum atomic E-state index is -0.211. The van der Waals surface area contributed by atoms with Crippen LogP contribution < -0.4 is 14.8 Å². The van der Waals surface area contributed by atoms with Crippen LogP contribution in [0.15, 0.2) is 115 Å². The Balaban J connectivity index is 1.30. The van der Waals surface area contributed by atoms with Gasteiger partial charge in [-0.2, -0.15) is 0 Å². The van der Waals surface area contributed by atoms with Gasteiger partial charge in [0.15, 0.2) is 0 Å². The molecule has 0 aliphatic rings. The fourth-order valence-electron chi connectivity index (χ4n) is 3.04. The number of hydrogen-bond acceptors (Lipinski definition) is 3. The second-order valence-corrected chi connectivity index (χ2v) is 7.11. The summed E-state index contributed by atoms with van der Waals surface area (Å²) in [5.41, 5.74) is 2.69. The highest BCUT2D eigenvalue weighted by atomic mass is 16.5. The average molecular weight is 421 g/mol. The van der Waals surface area contributed by atoms with Crippen LogP contribution in [0.1, 0.15) is 11.1 Å². The number of carbonyl (C=O) groups is 1. The van der Waals surface area contributed by atoms with Crippen molar-refractivity contribution in [3.63, 3.8) is 0 Å². The summed E-state index contributed by atoms with van der Waals surface area (Å²) in [4.78, 5) is 12.3. The Morgan fingerprint density at radius 2 is 1.38 bits per heavy atom. The van der Waals surface area contributed by atoms with Crippen LogP contribution in [0.5, 0.6) is 17.2 Å². The van der Waals surface area contributed by atoms with Crippen molar-refractivity contribution >= 4 is 17.7 Å². The van der Waals surface area contributed by atoms with E-state index in [0.717, 1.165) is 22.6 Å². The molecule has 1 N–H and O–H groups in total. The first kappa shape index (κ1) is 20.9. The maximum atomic E-state index is 12.3. The summed E-state index contributed by atoms with van der Waals surface area (Å²) in [6.07, 6.45) is 3.27. The van der Waals surface area contributed by atoms with Gasteiger partial charge in [-0.1, -0.05) is 60.7 Å². The first-order valence-electron chi connectivity index (χ1n) is 10.3. The van der Waals surface area contributed by atoms with Crippen molar-refractivity contribution in [3.05, 3.63) is 126 Å². The lowest BCUT2D eigenvalue weighted by molar-refractivity contribution is -0.111. The lowest BCUT2D eigenvalue weighted by Gasteiger charge is -2.07. The molecule has 0 fully saturated rings. The molecule has 0 aromatic heterocycles. The molecular formula is C28H23NO3. The number of benzene rings is 4. The molecule has 0 aliphatic heterocycles. The molecule has 4 aromatic carbocycles. The Kier molecular flexibility index (Phi) is 6.96. The van der Waals surface area contributed by atoms with E-state index < -0.39 is 0 Å². The predicted molar refractivity (Wildman–Crippen MR) is 128 cm³/mol. The quantitative estimate of drug-likeness (QED) is 0.322. The fourth-order valence-corrected chi connectivity index (χ4v) is 3.04. The van der Waals surface area contributed by atoms with Gasteiger partial charge in [-0.25, -0.2) is 0 Å². The molecule has 0 bridgehead atoms. The fraction of sp³-hybridized carbons (Fsp3) is 0.0357. The molecule has 4 rings (SSSR count). The highest BCUT2D eigenvalue weighted by Crippen LogP contribution is 2.22. The van der Waals surface area contributed by atoms with Crippen LogP contribution in [0.25, 0.3) is 6.08 Å². The summed E-state index contributed by atoms with van der Waals surface area (Å²) >= 11 is 0. The van der Waals surface area contributed by atoms with Crippen molar-refractivity contribution in [1.82, 2.24) is 0 Å². The van der Waals surface area contributed by atoms with Crippen LogP contribution in [0.3, 0.4) is 0 Å². The molecule has 0 atom stereocenters. The van der Waals surface area contributed by atoms with Gasteiger partial charge in [0, 0.05) is 11.8 Å². The maximum Gasteiger partial charge on any atom is 0.248 e. The molecular weight excluding hydrogens is 398 g/mol. The number of rotatable bonds is 8. The van der Waals surface area contributed by atoms with Gasteiger partial charge in [0.25, 0.3) is 0 Å². The van der Waals surface area contributed by atoms with Crippen LogP contribution in [-0.2, 0) is 11.4 Å². The Bertz CT molecular complexity index is 1170. The molecule has 0 saturated carbocycles. The lowest BCUT2D eigenvalue weighted by Crippen LogP contribution is -2.07. The molecule has 4 aromatic rings. The van der Waals surface area contributed by atoms with Gasteiger partial charge in [0.1, 0.15) is 23.9 Å². The van der Waals surface area contributed by atoms with Crippen LogP contribution in [0, 0.1) is 0 Å². The lowest BCUT2D eigenvalue weighted by atomic mass is 10.2. The first-order valence-corrected chi connectivity index (χ1v) is 10.3. The van der Waals surface area contributed by atoms with E-state index in [9.17, 15) is 4.79 Å². The molecule has 0 aliphatic carbocycles. The number of carbonyl (C=O) groups excluding carboxylic acids is 1. The number of hydrogen-bond donors (Lipinski definition) is 1. The van der Waals surface area contributed by atoms with E-state index in [1.807, 2.05) is 109 Å². The van der Waals surface area contributed by atoms with Crippen LogP contribution >= 0.6 is 0 Å². The predicted octanol–water partition coefficient (Wildman–Crippen LogP) is 6.71. The highest BCUT2D eigenvalue weighted by Gasteiger charge is 2.01. The second-order valence-electron chi connectivity index (χ2n) is 7.11. The zero-order valence-corrected chi connectivity index (χ0v) is 17.5. The molecule has 158 valence electrons. The third-order valence-electron chi connectivity index (χ3n) is 4.63. The van der Waals surface area contributed by atoms with Gasteiger partial charge in [0.05, 0.1) is 0 Å². The van der Waals surface area contributed by atoms with Gasteiger partial charge < -0.3 is 14.8 Å². The van der Waals surface area contributed by atoms with Crippen molar-refractivity contribution < 1.29 is 14.3 Å². The third kappa shape index (κ3) is 6.34. The zero-order valence-electron chi connectivity index (χ0n) is 17.5. The SMILES string of the molecule is O=C(/C=C/c1cccc(OCc2ccccc2)c1)Nc1ccc(Oc2ccccc2)cc1. The summed E-state index contributed by atoms with van der Waals surface area (Å²) in [5.74, 6) is 2.02. The summed E-state index contributed by atoms with van der Waals surface area (Å²) in [6, 6.07) is 34.4. The standard InChI is InChI=1S/C28H23NO3/c30-28(29-24-15-17-26(18-16-24)32-25-11-5-2-6-12-25)19-14-22-10-7-13-27(20-22)31-21-23-8-3-1-4-9-23/h1-20H,21H2,(H,29,30)/b19-14+. The molecule has 32 heavy (non-hydrogen) atoms. The average Bonchev–Trinajstić information content (AvgIpc) is 2.84. The van der Waals surface area contributed by atoms with Gasteiger partial charge >= 0.3 is 0 Å². The minimum Gasteiger partial charge on any atom is -0.489 e. The highest BCUT2D eigenvalue weighted by molar-refractivity contribution is 6.01. The van der Waals surface area contributed by atoms with E-state index in [2.05, 4.69) is 5.32 Å². The van der Waals surface area contributed by atoms with Crippen LogP contribution in [-0.4, -0.2) is 5.91 Å². The third-order valence-corrected chi connectivity index (χ3v) is 4.63. The van der Waals surface area contributed by atoms with Crippen molar-refractivity contribution in [2.75, 3.05) is 5.32 Å². The zero-order chi connectivity index (χ0) is 22.0. The number of nitrogens with one attached hydrogen (secondary N) is 1. The van der Waals surface area contributed by atoms with Gasteiger partial charge in [0.2, 0.25) is 5.91 Å². The maximum absolute atomic E-state index is 12.3. The number of amides is 1. The topological polar surface area (TPSA) is 47.6 Å². The Morgan fingerprint density at radius 1 is 0.719 bits per heavy atom. The summed E-state index contributed by atoms with van der Waals surface area (Å²) in [5, 5.41) is 2.85. The van der Waals surface area contributed by atoms with Crippen molar-refractivity contribution in [1.29, 1.82) is 0 Å². The van der Waals surface area contributed by atoms with Gasteiger partial charge in [-0.05, 0) is 65.7 Å². The van der Waals surface area contributed by atoms with Crippen molar-refractivity contribution in [2.45, 2.75) is 6.61 Å². The molecule has 0 spiro atoms.